The van der Waals surface area contributed by atoms with E-state index < -0.39 is 0 Å². The predicted octanol–water partition coefficient (Wildman–Crippen LogP) is 3.29. The monoisotopic (exact) mass is 333 g/mol. The van der Waals surface area contributed by atoms with Crippen molar-refractivity contribution in [2.45, 2.75) is 12.8 Å². The maximum absolute atomic E-state index is 13.7. The molecule has 2 aromatic rings. The van der Waals surface area contributed by atoms with Crippen molar-refractivity contribution in [3.63, 3.8) is 0 Å². The van der Waals surface area contributed by atoms with Crippen molar-refractivity contribution >= 4 is 28.9 Å². The minimum atomic E-state index is -0.343. The number of fused-ring (bicyclic) bond motifs is 1. The van der Waals surface area contributed by atoms with Crippen LogP contribution in [-0.4, -0.2) is 31.0 Å². The highest BCUT2D eigenvalue weighted by molar-refractivity contribution is 6.29. The van der Waals surface area contributed by atoms with Gasteiger partial charge in [0.25, 0.3) is 0 Å². The van der Waals surface area contributed by atoms with Gasteiger partial charge in [-0.2, -0.15) is 0 Å². The van der Waals surface area contributed by atoms with Crippen molar-refractivity contribution in [1.82, 2.24) is 4.98 Å². The van der Waals surface area contributed by atoms with E-state index in [2.05, 4.69) is 4.98 Å². The molecular weight excluding hydrogens is 317 g/mol. The number of hydrogen-bond acceptors (Lipinski definition) is 3. The summed E-state index contributed by atoms with van der Waals surface area (Å²) in [4.78, 5) is 20.4. The second kappa shape index (κ2) is 6.54. The number of carbonyl (C=O) groups excluding carboxylic acids is 1. The van der Waals surface area contributed by atoms with Gasteiger partial charge in [-0.1, -0.05) is 17.7 Å². The lowest BCUT2D eigenvalue weighted by atomic mass is 10.1. The third-order valence-corrected chi connectivity index (χ3v) is 4.18. The Morgan fingerprint density at radius 3 is 2.83 bits per heavy atom. The van der Waals surface area contributed by atoms with Gasteiger partial charge in [-0.25, -0.2) is 9.37 Å². The van der Waals surface area contributed by atoms with Crippen LogP contribution in [0, 0.1) is 5.82 Å². The first-order valence-electron chi connectivity index (χ1n) is 7.46. The summed E-state index contributed by atoms with van der Waals surface area (Å²) in [5.41, 5.74) is 2.28. The van der Waals surface area contributed by atoms with Crippen LogP contribution in [0.15, 0.2) is 36.5 Å². The standard InChI is InChI=1S/C17H17ClFN3O/c1-21-7-2-8-22(15-10-13(19)4-5-14(15)21)17(23)9-12-3-6-16(18)20-11-12/h3-6,10-11H,2,7-9H2,1H3. The van der Waals surface area contributed by atoms with E-state index in [0.717, 1.165) is 24.2 Å². The quantitative estimate of drug-likeness (QED) is 0.791. The van der Waals surface area contributed by atoms with Crippen LogP contribution >= 0.6 is 11.6 Å². The molecule has 1 aromatic heterocycles. The van der Waals surface area contributed by atoms with E-state index >= 15 is 0 Å². The molecule has 0 N–H and O–H groups in total. The molecule has 1 aliphatic rings. The molecule has 4 nitrogen and oxygen atoms in total. The van der Waals surface area contributed by atoms with Gasteiger partial charge in [0.2, 0.25) is 5.91 Å². The number of carbonyl (C=O) groups is 1. The number of aromatic nitrogens is 1. The molecule has 1 aliphatic heterocycles. The molecule has 0 bridgehead atoms. The predicted molar refractivity (Wildman–Crippen MR) is 89.6 cm³/mol. The molecule has 0 radical (unpaired) electrons. The minimum Gasteiger partial charge on any atom is -0.373 e. The molecule has 120 valence electrons. The van der Waals surface area contributed by atoms with Crippen molar-refractivity contribution in [2.24, 2.45) is 0 Å². The zero-order chi connectivity index (χ0) is 16.4. The molecule has 0 saturated heterocycles. The fourth-order valence-corrected chi connectivity index (χ4v) is 2.89. The zero-order valence-corrected chi connectivity index (χ0v) is 13.6. The number of halogens is 2. The van der Waals surface area contributed by atoms with Crippen LogP contribution in [0.2, 0.25) is 5.15 Å². The lowest BCUT2D eigenvalue weighted by Crippen LogP contribution is -2.33. The lowest BCUT2D eigenvalue weighted by Gasteiger charge is -2.24. The Kier molecular flexibility index (Phi) is 4.48. The number of hydrogen-bond donors (Lipinski definition) is 0. The van der Waals surface area contributed by atoms with E-state index in [1.165, 1.54) is 12.1 Å². The summed E-state index contributed by atoms with van der Waals surface area (Å²) in [7, 11) is 1.95. The average molecular weight is 334 g/mol. The fraction of sp³-hybridized carbons (Fsp3) is 0.294. The number of rotatable bonds is 2. The number of nitrogens with zero attached hydrogens (tertiary/aromatic N) is 3. The maximum atomic E-state index is 13.7. The average Bonchev–Trinajstić information content (AvgIpc) is 2.68. The van der Waals surface area contributed by atoms with Gasteiger partial charge in [0.05, 0.1) is 17.8 Å². The van der Waals surface area contributed by atoms with Gasteiger partial charge in [0.1, 0.15) is 11.0 Å². The molecule has 1 amide bonds. The summed E-state index contributed by atoms with van der Waals surface area (Å²) >= 11 is 5.77. The molecule has 2 heterocycles. The van der Waals surface area contributed by atoms with Crippen molar-refractivity contribution in [1.29, 1.82) is 0 Å². The molecular formula is C17H17ClFN3O. The Bertz CT molecular complexity index is 720. The second-order valence-corrected chi connectivity index (χ2v) is 6.01. The van der Waals surface area contributed by atoms with E-state index in [0.29, 0.717) is 17.4 Å². The third-order valence-electron chi connectivity index (χ3n) is 3.96. The van der Waals surface area contributed by atoms with Crippen LogP contribution in [0.25, 0.3) is 0 Å². The van der Waals surface area contributed by atoms with E-state index in [-0.39, 0.29) is 18.1 Å². The Morgan fingerprint density at radius 2 is 2.09 bits per heavy atom. The summed E-state index contributed by atoms with van der Waals surface area (Å²) in [6, 6.07) is 8.01. The van der Waals surface area contributed by atoms with Gasteiger partial charge in [0.15, 0.2) is 0 Å². The topological polar surface area (TPSA) is 36.4 Å². The Morgan fingerprint density at radius 1 is 1.26 bits per heavy atom. The van der Waals surface area contributed by atoms with Crippen LogP contribution in [0.3, 0.4) is 0 Å². The molecule has 0 saturated carbocycles. The molecule has 0 atom stereocenters. The SMILES string of the molecule is CN1CCCN(C(=O)Cc2ccc(Cl)nc2)c2cc(F)ccc21. The van der Waals surface area contributed by atoms with Gasteiger partial charge < -0.3 is 9.80 Å². The van der Waals surface area contributed by atoms with Gasteiger partial charge in [-0.05, 0) is 36.2 Å². The number of benzene rings is 1. The molecule has 3 rings (SSSR count). The lowest BCUT2D eigenvalue weighted by molar-refractivity contribution is -0.118. The number of anilines is 2. The molecule has 0 fully saturated rings. The van der Waals surface area contributed by atoms with Gasteiger partial charge in [0, 0.05) is 26.3 Å². The van der Waals surface area contributed by atoms with E-state index in [9.17, 15) is 9.18 Å². The van der Waals surface area contributed by atoms with Crippen molar-refractivity contribution in [2.75, 3.05) is 29.9 Å². The Hall–Kier alpha value is -2.14. The number of amides is 1. The maximum Gasteiger partial charge on any atom is 0.231 e. The minimum absolute atomic E-state index is 0.0729. The second-order valence-electron chi connectivity index (χ2n) is 5.62. The van der Waals surface area contributed by atoms with E-state index in [1.807, 2.05) is 11.9 Å². The Balaban J connectivity index is 1.89. The normalized spacial score (nSPS) is 14.4. The Labute approximate surface area is 139 Å². The first kappa shape index (κ1) is 15.7. The van der Waals surface area contributed by atoms with Crippen molar-refractivity contribution in [3.05, 3.63) is 53.1 Å². The molecule has 0 aliphatic carbocycles. The number of pyridine rings is 1. The van der Waals surface area contributed by atoms with E-state index in [1.54, 1.807) is 29.3 Å². The fourth-order valence-electron chi connectivity index (χ4n) is 2.78. The summed E-state index contributed by atoms with van der Waals surface area (Å²) in [5.74, 6) is -0.415. The molecule has 0 spiro atoms. The van der Waals surface area contributed by atoms with Crippen LogP contribution in [0.1, 0.15) is 12.0 Å². The third kappa shape index (κ3) is 3.45. The van der Waals surface area contributed by atoms with Crippen LogP contribution in [0.5, 0.6) is 0 Å². The highest BCUT2D eigenvalue weighted by atomic mass is 35.5. The summed E-state index contributed by atoms with van der Waals surface area (Å²) in [5, 5.41) is 0.394. The highest BCUT2D eigenvalue weighted by Gasteiger charge is 2.24. The summed E-state index contributed by atoms with van der Waals surface area (Å²) < 4.78 is 13.7. The van der Waals surface area contributed by atoms with Crippen LogP contribution in [-0.2, 0) is 11.2 Å². The summed E-state index contributed by atoms with van der Waals surface area (Å²) in [6.45, 7) is 1.39. The van der Waals surface area contributed by atoms with Crippen molar-refractivity contribution in [3.8, 4) is 0 Å². The van der Waals surface area contributed by atoms with E-state index in [4.69, 9.17) is 11.6 Å². The first-order chi connectivity index (χ1) is 11.0. The zero-order valence-electron chi connectivity index (χ0n) is 12.8. The first-order valence-corrected chi connectivity index (χ1v) is 7.84. The van der Waals surface area contributed by atoms with Gasteiger partial charge in [-0.3, -0.25) is 4.79 Å². The van der Waals surface area contributed by atoms with Crippen molar-refractivity contribution < 1.29 is 9.18 Å². The molecule has 6 heteroatoms. The van der Waals surface area contributed by atoms with Gasteiger partial charge >= 0.3 is 0 Å². The smallest absolute Gasteiger partial charge is 0.231 e. The molecule has 1 aromatic carbocycles. The molecule has 23 heavy (non-hydrogen) atoms. The largest absolute Gasteiger partial charge is 0.373 e. The summed E-state index contributed by atoms with van der Waals surface area (Å²) in [6.07, 6.45) is 2.64. The highest BCUT2D eigenvalue weighted by Crippen LogP contribution is 2.32. The molecule has 0 unspecified atom stereocenters. The van der Waals surface area contributed by atoms with Crippen LogP contribution in [0.4, 0.5) is 15.8 Å². The van der Waals surface area contributed by atoms with Gasteiger partial charge in [-0.15, -0.1) is 0 Å². The van der Waals surface area contributed by atoms with Crippen LogP contribution < -0.4 is 9.80 Å².